The molecular formula is C29H28ClN3O3. The Morgan fingerprint density at radius 1 is 1.11 bits per heavy atom. The summed E-state index contributed by atoms with van der Waals surface area (Å²) in [5.41, 5.74) is 5.08. The second kappa shape index (κ2) is 9.96. The Bertz CT molecular complexity index is 1420. The average Bonchev–Trinajstić information content (AvgIpc) is 3.28. The molecule has 1 saturated heterocycles. The maximum absolute atomic E-state index is 6.27. The van der Waals surface area contributed by atoms with Gasteiger partial charge in [-0.05, 0) is 74.3 Å². The summed E-state index contributed by atoms with van der Waals surface area (Å²) >= 11 is 6.27. The van der Waals surface area contributed by atoms with E-state index in [1.54, 1.807) is 13.3 Å². The molecule has 2 aliphatic heterocycles. The van der Waals surface area contributed by atoms with Crippen LogP contribution < -0.4 is 9.47 Å². The monoisotopic (exact) mass is 501 g/mol. The fraction of sp³-hybridized carbons (Fsp3) is 0.310. The quantitative estimate of drug-likeness (QED) is 0.297. The van der Waals surface area contributed by atoms with Gasteiger partial charge in [-0.15, -0.1) is 0 Å². The van der Waals surface area contributed by atoms with Crippen molar-refractivity contribution in [1.82, 2.24) is 15.0 Å². The summed E-state index contributed by atoms with van der Waals surface area (Å²) in [6, 6.07) is 15.8. The number of hydrogen-bond donors (Lipinski definition) is 0. The SMILES string of the molecule is COc1cccc2c1CC(=CCCN1CCC(c3noc4c(Cl)cccc34)CC1)c1cccnc1O2. The van der Waals surface area contributed by atoms with Crippen molar-refractivity contribution in [3.8, 4) is 17.4 Å². The minimum absolute atomic E-state index is 0.403. The number of piperidine rings is 1. The highest BCUT2D eigenvalue weighted by atomic mass is 35.5. The molecule has 0 spiro atoms. The first kappa shape index (κ1) is 23.1. The summed E-state index contributed by atoms with van der Waals surface area (Å²) in [6.07, 6.45) is 7.96. The Labute approximate surface area is 215 Å². The number of fused-ring (bicyclic) bond motifs is 3. The van der Waals surface area contributed by atoms with Gasteiger partial charge in [-0.3, -0.25) is 0 Å². The van der Waals surface area contributed by atoms with Crippen LogP contribution in [0.3, 0.4) is 0 Å². The number of hydrogen-bond acceptors (Lipinski definition) is 6. The van der Waals surface area contributed by atoms with Crippen LogP contribution in [0.2, 0.25) is 5.02 Å². The zero-order valence-corrected chi connectivity index (χ0v) is 21.0. The Balaban J connectivity index is 1.14. The lowest BCUT2D eigenvalue weighted by molar-refractivity contribution is 0.212. The van der Waals surface area contributed by atoms with Crippen LogP contribution in [-0.2, 0) is 6.42 Å². The molecule has 4 aromatic rings. The third-order valence-electron chi connectivity index (χ3n) is 7.29. The van der Waals surface area contributed by atoms with E-state index in [1.165, 1.54) is 5.57 Å². The van der Waals surface area contributed by atoms with Crippen molar-refractivity contribution in [3.05, 3.63) is 82.6 Å². The molecule has 6 rings (SSSR count). The highest BCUT2D eigenvalue weighted by molar-refractivity contribution is 6.34. The van der Waals surface area contributed by atoms with Crippen LogP contribution in [-0.4, -0.2) is 41.8 Å². The Kier molecular flexibility index (Phi) is 6.38. The van der Waals surface area contributed by atoms with E-state index < -0.39 is 0 Å². The highest BCUT2D eigenvalue weighted by Gasteiger charge is 2.26. The number of para-hydroxylation sites is 1. The molecule has 0 saturated carbocycles. The van der Waals surface area contributed by atoms with Gasteiger partial charge in [0, 0.05) is 41.6 Å². The molecule has 2 aliphatic rings. The van der Waals surface area contributed by atoms with Gasteiger partial charge in [-0.25, -0.2) is 4.98 Å². The van der Waals surface area contributed by atoms with Gasteiger partial charge in [0.15, 0.2) is 5.58 Å². The van der Waals surface area contributed by atoms with Crippen molar-refractivity contribution in [2.45, 2.75) is 31.6 Å². The topological polar surface area (TPSA) is 60.6 Å². The van der Waals surface area contributed by atoms with Crippen LogP contribution >= 0.6 is 11.6 Å². The number of pyridine rings is 1. The molecule has 0 unspecified atom stereocenters. The molecular weight excluding hydrogens is 474 g/mol. The predicted molar refractivity (Wildman–Crippen MR) is 141 cm³/mol. The Morgan fingerprint density at radius 2 is 1.97 bits per heavy atom. The molecule has 2 aromatic carbocycles. The molecule has 0 atom stereocenters. The summed E-state index contributed by atoms with van der Waals surface area (Å²) in [5.74, 6) is 2.70. The van der Waals surface area contributed by atoms with Crippen molar-refractivity contribution in [3.63, 3.8) is 0 Å². The summed E-state index contributed by atoms with van der Waals surface area (Å²) in [7, 11) is 1.70. The fourth-order valence-corrected chi connectivity index (χ4v) is 5.60. The first-order valence-electron chi connectivity index (χ1n) is 12.5. The van der Waals surface area contributed by atoms with Gasteiger partial charge in [0.05, 0.1) is 17.8 Å². The van der Waals surface area contributed by atoms with E-state index in [1.807, 2.05) is 36.4 Å². The maximum Gasteiger partial charge on any atom is 0.226 e. The van der Waals surface area contributed by atoms with Crippen molar-refractivity contribution < 1.29 is 14.0 Å². The third-order valence-corrected chi connectivity index (χ3v) is 7.59. The van der Waals surface area contributed by atoms with Crippen LogP contribution in [0.4, 0.5) is 0 Å². The minimum atomic E-state index is 0.403. The molecule has 4 heterocycles. The molecule has 1 fully saturated rings. The minimum Gasteiger partial charge on any atom is -0.496 e. The van der Waals surface area contributed by atoms with Crippen LogP contribution in [0.1, 0.15) is 42.0 Å². The van der Waals surface area contributed by atoms with Crippen LogP contribution in [0.25, 0.3) is 16.5 Å². The van der Waals surface area contributed by atoms with E-state index in [4.69, 9.17) is 25.6 Å². The number of likely N-dealkylation sites (tertiary alicyclic amines) is 1. The molecule has 184 valence electrons. The first-order valence-corrected chi connectivity index (χ1v) is 12.8. The van der Waals surface area contributed by atoms with Gasteiger partial charge in [-0.2, -0.15) is 0 Å². The van der Waals surface area contributed by atoms with Crippen molar-refractivity contribution in [2.75, 3.05) is 26.7 Å². The number of benzene rings is 2. The second-order valence-corrected chi connectivity index (χ2v) is 9.80. The number of aromatic nitrogens is 2. The zero-order chi connectivity index (χ0) is 24.5. The number of rotatable bonds is 5. The van der Waals surface area contributed by atoms with Gasteiger partial charge in [0.25, 0.3) is 0 Å². The molecule has 0 N–H and O–H groups in total. The van der Waals surface area contributed by atoms with E-state index >= 15 is 0 Å². The molecule has 2 aromatic heterocycles. The molecule has 7 heteroatoms. The first-order chi connectivity index (χ1) is 17.7. The number of halogens is 1. The number of ether oxygens (including phenoxy) is 2. The second-order valence-electron chi connectivity index (χ2n) is 9.39. The lowest BCUT2D eigenvalue weighted by Crippen LogP contribution is -2.33. The largest absolute Gasteiger partial charge is 0.496 e. The van der Waals surface area contributed by atoms with E-state index in [0.29, 0.717) is 22.4 Å². The van der Waals surface area contributed by atoms with E-state index in [-0.39, 0.29) is 0 Å². The van der Waals surface area contributed by atoms with E-state index in [0.717, 1.165) is 79.0 Å². The lowest BCUT2D eigenvalue weighted by Gasteiger charge is -2.30. The maximum atomic E-state index is 6.27. The van der Waals surface area contributed by atoms with Crippen LogP contribution in [0.15, 0.2) is 65.3 Å². The number of allylic oxidation sites excluding steroid dienone is 1. The summed E-state index contributed by atoms with van der Waals surface area (Å²) < 4.78 is 17.4. The van der Waals surface area contributed by atoms with Gasteiger partial charge in [-0.1, -0.05) is 35.0 Å². The number of nitrogens with zero attached hydrogens (tertiary/aromatic N) is 3. The molecule has 36 heavy (non-hydrogen) atoms. The molecule has 0 amide bonds. The Hall–Kier alpha value is -3.35. The fourth-order valence-electron chi connectivity index (χ4n) is 5.39. The van der Waals surface area contributed by atoms with Gasteiger partial charge in [0.2, 0.25) is 5.88 Å². The van der Waals surface area contributed by atoms with Crippen LogP contribution in [0, 0.1) is 0 Å². The third kappa shape index (κ3) is 4.36. The van der Waals surface area contributed by atoms with E-state index in [2.05, 4.69) is 33.2 Å². The van der Waals surface area contributed by atoms with Gasteiger partial charge < -0.3 is 18.9 Å². The van der Waals surface area contributed by atoms with Gasteiger partial charge >= 0.3 is 0 Å². The molecule has 6 nitrogen and oxygen atoms in total. The summed E-state index contributed by atoms with van der Waals surface area (Å²) in [4.78, 5) is 7.04. The lowest BCUT2D eigenvalue weighted by atomic mass is 9.91. The normalized spacial score (nSPS) is 17.4. The predicted octanol–water partition coefficient (Wildman–Crippen LogP) is 6.89. The molecule has 0 bridgehead atoms. The van der Waals surface area contributed by atoms with E-state index in [9.17, 15) is 0 Å². The van der Waals surface area contributed by atoms with Crippen LogP contribution in [0.5, 0.6) is 17.4 Å². The molecule has 0 aliphatic carbocycles. The summed E-state index contributed by atoms with van der Waals surface area (Å²) in [5, 5.41) is 6.04. The van der Waals surface area contributed by atoms with Crippen molar-refractivity contribution >= 4 is 28.1 Å². The smallest absolute Gasteiger partial charge is 0.226 e. The van der Waals surface area contributed by atoms with Crippen molar-refractivity contribution in [1.29, 1.82) is 0 Å². The van der Waals surface area contributed by atoms with Crippen molar-refractivity contribution in [2.24, 2.45) is 0 Å². The number of methoxy groups -OCH3 is 1. The highest BCUT2D eigenvalue weighted by Crippen LogP contribution is 2.41. The zero-order valence-electron chi connectivity index (χ0n) is 20.2. The van der Waals surface area contributed by atoms with Gasteiger partial charge in [0.1, 0.15) is 11.5 Å². The average molecular weight is 502 g/mol. The Morgan fingerprint density at radius 3 is 2.83 bits per heavy atom. The molecule has 0 radical (unpaired) electrons. The summed E-state index contributed by atoms with van der Waals surface area (Å²) in [6.45, 7) is 3.10. The standard InChI is InChI=1S/C29H28ClN3O3/c1-34-25-10-3-11-26-23(25)18-20(21-8-4-14-31-29(21)35-26)6-5-15-33-16-12-19(13-17-33)27-22-7-2-9-24(30)28(22)36-32-27/h2-4,6-11,14,19H,5,12-13,15-18H2,1H3.